The third-order valence-corrected chi connectivity index (χ3v) is 4.31. The molecule has 0 atom stereocenters. The van der Waals surface area contributed by atoms with Gasteiger partial charge in [0, 0.05) is 12.2 Å². The van der Waals surface area contributed by atoms with Crippen LogP contribution in [-0.2, 0) is 6.42 Å². The SMILES string of the molecule is Cc1csc2c(NCCc3ccc(N)cc3)ncnc12. The minimum Gasteiger partial charge on any atom is -0.399 e. The van der Waals surface area contributed by atoms with E-state index >= 15 is 0 Å². The molecular formula is C15H16N4S. The average molecular weight is 284 g/mol. The summed E-state index contributed by atoms with van der Waals surface area (Å²) in [5, 5.41) is 5.51. The van der Waals surface area contributed by atoms with E-state index < -0.39 is 0 Å². The largest absolute Gasteiger partial charge is 0.399 e. The molecule has 0 spiro atoms. The van der Waals surface area contributed by atoms with Crippen molar-refractivity contribution in [3.05, 3.63) is 47.1 Å². The highest BCUT2D eigenvalue weighted by molar-refractivity contribution is 7.18. The van der Waals surface area contributed by atoms with Gasteiger partial charge in [-0.1, -0.05) is 12.1 Å². The number of nitrogens with one attached hydrogen (secondary N) is 1. The first-order valence-electron chi connectivity index (χ1n) is 6.51. The van der Waals surface area contributed by atoms with Crippen molar-refractivity contribution in [1.82, 2.24) is 9.97 Å². The number of nitrogens with two attached hydrogens (primary N) is 1. The molecule has 2 aromatic heterocycles. The molecule has 0 aliphatic heterocycles. The Morgan fingerprint density at radius 3 is 2.80 bits per heavy atom. The summed E-state index contributed by atoms with van der Waals surface area (Å²) >= 11 is 1.68. The van der Waals surface area contributed by atoms with Crippen LogP contribution in [0.25, 0.3) is 10.2 Å². The first-order valence-corrected chi connectivity index (χ1v) is 7.39. The first-order chi connectivity index (χ1) is 9.74. The van der Waals surface area contributed by atoms with E-state index in [9.17, 15) is 0 Å². The van der Waals surface area contributed by atoms with Crippen molar-refractivity contribution < 1.29 is 0 Å². The van der Waals surface area contributed by atoms with Gasteiger partial charge < -0.3 is 11.1 Å². The molecule has 3 rings (SSSR count). The molecule has 0 aliphatic carbocycles. The van der Waals surface area contributed by atoms with Crippen LogP contribution in [-0.4, -0.2) is 16.5 Å². The fourth-order valence-corrected chi connectivity index (χ4v) is 3.07. The van der Waals surface area contributed by atoms with Crippen LogP contribution in [0.3, 0.4) is 0 Å². The number of benzene rings is 1. The Hall–Kier alpha value is -2.14. The molecule has 102 valence electrons. The highest BCUT2D eigenvalue weighted by Gasteiger charge is 2.07. The van der Waals surface area contributed by atoms with Crippen molar-refractivity contribution in [3.63, 3.8) is 0 Å². The maximum Gasteiger partial charge on any atom is 0.147 e. The molecule has 0 aliphatic rings. The van der Waals surface area contributed by atoms with Crippen LogP contribution in [0.1, 0.15) is 11.1 Å². The lowest BCUT2D eigenvalue weighted by molar-refractivity contribution is 1.01. The third-order valence-electron chi connectivity index (χ3n) is 3.22. The van der Waals surface area contributed by atoms with E-state index in [1.807, 2.05) is 12.1 Å². The summed E-state index contributed by atoms with van der Waals surface area (Å²) < 4.78 is 1.13. The monoisotopic (exact) mass is 284 g/mol. The molecule has 0 fully saturated rings. The van der Waals surface area contributed by atoms with E-state index in [0.717, 1.165) is 34.7 Å². The zero-order chi connectivity index (χ0) is 13.9. The molecule has 20 heavy (non-hydrogen) atoms. The van der Waals surface area contributed by atoms with Gasteiger partial charge in [-0.2, -0.15) is 0 Å². The smallest absolute Gasteiger partial charge is 0.147 e. The summed E-state index contributed by atoms with van der Waals surface area (Å²) in [4.78, 5) is 8.66. The molecule has 3 aromatic rings. The van der Waals surface area contributed by atoms with Gasteiger partial charge in [-0.15, -0.1) is 11.3 Å². The molecule has 3 N–H and O–H groups in total. The Morgan fingerprint density at radius 1 is 1.20 bits per heavy atom. The normalized spacial score (nSPS) is 10.8. The second kappa shape index (κ2) is 5.46. The number of nitrogen functional groups attached to an aromatic ring is 1. The van der Waals surface area contributed by atoms with Crippen LogP contribution < -0.4 is 11.1 Å². The lowest BCUT2D eigenvalue weighted by Crippen LogP contribution is -2.06. The number of aryl methyl sites for hydroxylation is 1. The molecule has 0 amide bonds. The summed E-state index contributed by atoms with van der Waals surface area (Å²) in [5.74, 6) is 0.920. The average Bonchev–Trinajstić information content (AvgIpc) is 2.84. The summed E-state index contributed by atoms with van der Waals surface area (Å²) in [6.07, 6.45) is 2.56. The van der Waals surface area contributed by atoms with Crippen LogP contribution in [0, 0.1) is 6.92 Å². The lowest BCUT2D eigenvalue weighted by atomic mass is 10.1. The van der Waals surface area contributed by atoms with Crippen LogP contribution in [0.2, 0.25) is 0 Å². The molecule has 0 radical (unpaired) electrons. The maximum atomic E-state index is 5.68. The highest BCUT2D eigenvalue weighted by Crippen LogP contribution is 2.28. The van der Waals surface area contributed by atoms with Crippen molar-refractivity contribution in [1.29, 1.82) is 0 Å². The fourth-order valence-electron chi connectivity index (χ4n) is 2.10. The first kappa shape index (κ1) is 12.9. The molecule has 0 saturated heterocycles. The minimum atomic E-state index is 0.799. The molecule has 2 heterocycles. The molecular weight excluding hydrogens is 268 g/mol. The Balaban J connectivity index is 1.69. The van der Waals surface area contributed by atoms with E-state index in [-0.39, 0.29) is 0 Å². The van der Waals surface area contributed by atoms with E-state index in [0.29, 0.717) is 0 Å². The summed E-state index contributed by atoms with van der Waals surface area (Å²) in [7, 11) is 0. The number of hydrogen-bond acceptors (Lipinski definition) is 5. The van der Waals surface area contributed by atoms with Gasteiger partial charge in [0.25, 0.3) is 0 Å². The van der Waals surface area contributed by atoms with Crippen LogP contribution in [0.15, 0.2) is 36.0 Å². The zero-order valence-electron chi connectivity index (χ0n) is 11.3. The van der Waals surface area contributed by atoms with Crippen molar-refractivity contribution >= 4 is 33.1 Å². The van der Waals surface area contributed by atoms with Gasteiger partial charge in [-0.3, -0.25) is 0 Å². The number of fused-ring (bicyclic) bond motifs is 1. The van der Waals surface area contributed by atoms with Crippen molar-refractivity contribution in [2.24, 2.45) is 0 Å². The fraction of sp³-hybridized carbons (Fsp3) is 0.200. The Kier molecular flexibility index (Phi) is 3.52. The molecule has 5 heteroatoms. The van der Waals surface area contributed by atoms with Gasteiger partial charge in [0.2, 0.25) is 0 Å². The van der Waals surface area contributed by atoms with E-state index in [1.165, 1.54) is 11.1 Å². The van der Waals surface area contributed by atoms with Crippen molar-refractivity contribution in [2.45, 2.75) is 13.3 Å². The van der Waals surface area contributed by atoms with Gasteiger partial charge >= 0.3 is 0 Å². The Labute approximate surface area is 121 Å². The maximum absolute atomic E-state index is 5.68. The van der Waals surface area contributed by atoms with Crippen molar-refractivity contribution in [3.8, 4) is 0 Å². The third kappa shape index (κ3) is 2.58. The van der Waals surface area contributed by atoms with Gasteiger partial charge in [-0.05, 0) is 42.0 Å². The molecule has 0 saturated carbocycles. The van der Waals surface area contributed by atoms with Crippen LogP contribution >= 0.6 is 11.3 Å². The number of anilines is 2. The van der Waals surface area contributed by atoms with E-state index in [1.54, 1.807) is 17.7 Å². The molecule has 1 aromatic carbocycles. The summed E-state index contributed by atoms with van der Waals surface area (Å²) in [6, 6.07) is 7.98. The number of nitrogens with zero attached hydrogens (tertiary/aromatic N) is 2. The second-order valence-electron chi connectivity index (χ2n) is 4.74. The van der Waals surface area contributed by atoms with Gasteiger partial charge in [-0.25, -0.2) is 9.97 Å². The zero-order valence-corrected chi connectivity index (χ0v) is 12.1. The standard InChI is InChI=1S/C15H16N4S/c1-10-8-20-14-13(10)18-9-19-15(14)17-7-6-11-2-4-12(16)5-3-11/h2-5,8-9H,6-7,16H2,1H3,(H,17,18,19). The number of hydrogen-bond donors (Lipinski definition) is 2. The number of rotatable bonds is 4. The van der Waals surface area contributed by atoms with Gasteiger partial charge in [0.15, 0.2) is 0 Å². The highest BCUT2D eigenvalue weighted by atomic mass is 32.1. The molecule has 0 bridgehead atoms. The quantitative estimate of drug-likeness (QED) is 0.722. The summed E-state index contributed by atoms with van der Waals surface area (Å²) in [5.41, 5.74) is 9.99. The van der Waals surface area contributed by atoms with Gasteiger partial charge in [0.1, 0.15) is 12.1 Å². The minimum absolute atomic E-state index is 0.799. The number of thiophene rings is 1. The number of aromatic nitrogens is 2. The lowest BCUT2D eigenvalue weighted by Gasteiger charge is -2.06. The summed E-state index contributed by atoms with van der Waals surface area (Å²) in [6.45, 7) is 2.91. The van der Waals surface area contributed by atoms with Crippen LogP contribution in [0.5, 0.6) is 0 Å². The van der Waals surface area contributed by atoms with Gasteiger partial charge in [0.05, 0.1) is 10.2 Å². The second-order valence-corrected chi connectivity index (χ2v) is 5.62. The van der Waals surface area contributed by atoms with E-state index in [4.69, 9.17) is 5.73 Å². The Bertz CT molecular complexity index is 718. The molecule has 4 nitrogen and oxygen atoms in total. The van der Waals surface area contributed by atoms with Crippen molar-refractivity contribution in [2.75, 3.05) is 17.6 Å². The van der Waals surface area contributed by atoms with Crippen LogP contribution in [0.4, 0.5) is 11.5 Å². The topological polar surface area (TPSA) is 63.8 Å². The Morgan fingerprint density at radius 2 is 2.00 bits per heavy atom. The molecule has 0 unspecified atom stereocenters. The predicted octanol–water partition coefficient (Wildman–Crippen LogP) is 3.24. The predicted molar refractivity (Wildman–Crippen MR) is 85.2 cm³/mol. The van der Waals surface area contributed by atoms with E-state index in [2.05, 4.69) is 39.7 Å².